The van der Waals surface area contributed by atoms with E-state index in [1.807, 2.05) is 0 Å². The van der Waals surface area contributed by atoms with Crippen LogP contribution in [0.4, 0.5) is 0 Å². The SMILES string of the molecule is CS(=O)(=O)Cc1ccccc1CNC(=O)C1(C(=O)O)CC=CC1. The molecule has 2 N–H and O–H groups in total. The Morgan fingerprint density at radius 2 is 1.74 bits per heavy atom. The molecule has 0 saturated carbocycles. The molecular weight excluding hydrogens is 318 g/mol. The van der Waals surface area contributed by atoms with Gasteiger partial charge in [0.2, 0.25) is 5.91 Å². The summed E-state index contributed by atoms with van der Waals surface area (Å²) in [5.41, 5.74) is -0.187. The molecule has 0 saturated heterocycles. The lowest BCUT2D eigenvalue weighted by atomic mass is 9.84. The second-order valence-electron chi connectivity index (χ2n) is 5.79. The van der Waals surface area contributed by atoms with Gasteiger partial charge in [-0.3, -0.25) is 9.59 Å². The van der Waals surface area contributed by atoms with Crippen molar-refractivity contribution in [2.75, 3.05) is 6.26 Å². The minimum Gasteiger partial charge on any atom is -0.480 e. The molecule has 1 aliphatic rings. The van der Waals surface area contributed by atoms with Gasteiger partial charge in [-0.25, -0.2) is 8.42 Å². The Balaban J connectivity index is 2.12. The number of carbonyl (C=O) groups excluding carboxylic acids is 1. The van der Waals surface area contributed by atoms with Crippen LogP contribution in [0.3, 0.4) is 0 Å². The van der Waals surface area contributed by atoms with Crippen molar-refractivity contribution in [1.29, 1.82) is 0 Å². The Morgan fingerprint density at radius 3 is 2.26 bits per heavy atom. The molecule has 2 rings (SSSR count). The van der Waals surface area contributed by atoms with E-state index in [4.69, 9.17) is 0 Å². The largest absolute Gasteiger partial charge is 0.480 e. The van der Waals surface area contributed by atoms with Crippen molar-refractivity contribution < 1.29 is 23.1 Å². The molecule has 0 radical (unpaired) electrons. The predicted octanol–water partition coefficient (Wildman–Crippen LogP) is 1.27. The van der Waals surface area contributed by atoms with E-state index in [0.29, 0.717) is 11.1 Å². The number of hydrogen-bond donors (Lipinski definition) is 2. The highest BCUT2D eigenvalue weighted by Gasteiger charge is 2.46. The third-order valence-corrected chi connectivity index (χ3v) is 4.75. The van der Waals surface area contributed by atoms with Crippen LogP contribution in [0.15, 0.2) is 36.4 Å². The summed E-state index contributed by atoms with van der Waals surface area (Å²) >= 11 is 0. The molecule has 1 aliphatic carbocycles. The molecule has 0 aliphatic heterocycles. The molecule has 0 spiro atoms. The summed E-state index contributed by atoms with van der Waals surface area (Å²) in [6.07, 6.45) is 4.85. The number of amides is 1. The molecule has 1 aromatic rings. The topological polar surface area (TPSA) is 101 Å². The molecule has 23 heavy (non-hydrogen) atoms. The summed E-state index contributed by atoms with van der Waals surface area (Å²) in [7, 11) is -3.20. The fourth-order valence-electron chi connectivity index (χ4n) is 2.61. The summed E-state index contributed by atoms with van der Waals surface area (Å²) in [4.78, 5) is 23.8. The smallest absolute Gasteiger partial charge is 0.319 e. The van der Waals surface area contributed by atoms with Gasteiger partial charge in [-0.1, -0.05) is 36.4 Å². The van der Waals surface area contributed by atoms with Gasteiger partial charge in [0.15, 0.2) is 15.3 Å². The van der Waals surface area contributed by atoms with Gasteiger partial charge in [0.05, 0.1) is 5.75 Å². The van der Waals surface area contributed by atoms with Gasteiger partial charge in [-0.2, -0.15) is 0 Å². The number of rotatable bonds is 6. The predicted molar refractivity (Wildman–Crippen MR) is 85.3 cm³/mol. The van der Waals surface area contributed by atoms with Gasteiger partial charge in [0, 0.05) is 12.8 Å². The number of nitrogens with one attached hydrogen (secondary N) is 1. The molecule has 0 aromatic heterocycles. The number of sulfone groups is 1. The third kappa shape index (κ3) is 3.98. The van der Waals surface area contributed by atoms with Crippen molar-refractivity contribution in [3.63, 3.8) is 0 Å². The first kappa shape index (κ1) is 17.2. The molecule has 0 fully saturated rings. The zero-order valence-corrected chi connectivity index (χ0v) is 13.6. The summed E-state index contributed by atoms with van der Waals surface area (Å²) < 4.78 is 22.9. The second-order valence-corrected chi connectivity index (χ2v) is 7.93. The quantitative estimate of drug-likeness (QED) is 0.601. The fraction of sp³-hybridized carbons (Fsp3) is 0.375. The van der Waals surface area contributed by atoms with Crippen molar-refractivity contribution in [1.82, 2.24) is 5.32 Å². The highest BCUT2D eigenvalue weighted by atomic mass is 32.2. The third-order valence-electron chi connectivity index (χ3n) is 3.92. The Hall–Kier alpha value is -2.15. The first-order chi connectivity index (χ1) is 10.7. The molecular formula is C16H19NO5S. The summed E-state index contributed by atoms with van der Waals surface area (Å²) in [5, 5.41) is 12.0. The number of benzene rings is 1. The van der Waals surface area contributed by atoms with E-state index in [1.54, 1.807) is 36.4 Å². The van der Waals surface area contributed by atoms with Gasteiger partial charge in [-0.15, -0.1) is 0 Å². The van der Waals surface area contributed by atoms with E-state index in [0.717, 1.165) is 6.26 Å². The van der Waals surface area contributed by atoms with Gasteiger partial charge >= 0.3 is 5.97 Å². The molecule has 7 heteroatoms. The van der Waals surface area contributed by atoms with Crippen LogP contribution in [-0.4, -0.2) is 31.7 Å². The Labute approximate surface area is 135 Å². The molecule has 0 atom stereocenters. The molecule has 0 heterocycles. The van der Waals surface area contributed by atoms with Crippen molar-refractivity contribution >= 4 is 21.7 Å². The Bertz CT molecular complexity index is 743. The van der Waals surface area contributed by atoms with E-state index in [-0.39, 0.29) is 25.1 Å². The number of carboxylic acid groups (broad SMARTS) is 1. The Morgan fingerprint density at radius 1 is 1.17 bits per heavy atom. The number of aliphatic carboxylic acids is 1. The normalized spacial score (nSPS) is 16.2. The summed E-state index contributed by atoms with van der Waals surface area (Å²) in [6, 6.07) is 6.89. The highest BCUT2D eigenvalue weighted by molar-refractivity contribution is 7.89. The summed E-state index contributed by atoms with van der Waals surface area (Å²) in [5.74, 6) is -1.82. The minimum absolute atomic E-state index is 0.0968. The number of hydrogen-bond acceptors (Lipinski definition) is 4. The lowest BCUT2D eigenvalue weighted by Crippen LogP contribution is -2.44. The molecule has 1 aromatic carbocycles. The van der Waals surface area contributed by atoms with Crippen LogP contribution in [-0.2, 0) is 31.7 Å². The number of allylic oxidation sites excluding steroid dienone is 2. The van der Waals surface area contributed by atoms with Crippen LogP contribution >= 0.6 is 0 Å². The van der Waals surface area contributed by atoms with E-state index in [9.17, 15) is 23.1 Å². The lowest BCUT2D eigenvalue weighted by molar-refractivity contribution is -0.155. The maximum Gasteiger partial charge on any atom is 0.319 e. The zero-order valence-electron chi connectivity index (χ0n) is 12.8. The van der Waals surface area contributed by atoms with Gasteiger partial charge < -0.3 is 10.4 Å². The number of carbonyl (C=O) groups is 2. The minimum atomic E-state index is -3.20. The van der Waals surface area contributed by atoms with Gasteiger partial charge in [0.25, 0.3) is 0 Å². The van der Waals surface area contributed by atoms with E-state index < -0.39 is 27.1 Å². The maximum absolute atomic E-state index is 12.3. The summed E-state index contributed by atoms with van der Waals surface area (Å²) in [6.45, 7) is 0.0968. The van der Waals surface area contributed by atoms with Crippen LogP contribution in [0.1, 0.15) is 24.0 Å². The zero-order chi connectivity index (χ0) is 17.1. The lowest BCUT2D eigenvalue weighted by Gasteiger charge is -2.23. The van der Waals surface area contributed by atoms with Crippen molar-refractivity contribution in [2.24, 2.45) is 5.41 Å². The molecule has 6 nitrogen and oxygen atoms in total. The average molecular weight is 337 g/mol. The monoisotopic (exact) mass is 337 g/mol. The average Bonchev–Trinajstić information content (AvgIpc) is 2.95. The van der Waals surface area contributed by atoms with Crippen LogP contribution in [0.25, 0.3) is 0 Å². The molecule has 0 unspecified atom stereocenters. The highest BCUT2D eigenvalue weighted by Crippen LogP contribution is 2.34. The fourth-order valence-corrected chi connectivity index (χ4v) is 3.45. The van der Waals surface area contributed by atoms with Crippen LogP contribution in [0.5, 0.6) is 0 Å². The first-order valence-corrected chi connectivity index (χ1v) is 9.22. The first-order valence-electron chi connectivity index (χ1n) is 7.16. The number of carboxylic acids is 1. The van der Waals surface area contributed by atoms with Crippen molar-refractivity contribution in [3.05, 3.63) is 47.5 Å². The van der Waals surface area contributed by atoms with E-state index in [1.165, 1.54) is 0 Å². The van der Waals surface area contributed by atoms with Crippen molar-refractivity contribution in [3.8, 4) is 0 Å². The molecule has 0 bridgehead atoms. The van der Waals surface area contributed by atoms with Crippen LogP contribution < -0.4 is 5.32 Å². The van der Waals surface area contributed by atoms with Gasteiger partial charge in [0.1, 0.15) is 0 Å². The second kappa shape index (κ2) is 6.54. The molecule has 124 valence electrons. The molecule has 1 amide bonds. The maximum atomic E-state index is 12.3. The van der Waals surface area contributed by atoms with Crippen LogP contribution in [0.2, 0.25) is 0 Å². The standard InChI is InChI=1S/C16H19NO5S/c1-23(21,22)11-13-7-3-2-6-12(13)10-17-14(18)16(15(19)20)8-4-5-9-16/h2-7H,8-11H2,1H3,(H,17,18)(H,19,20). The van der Waals surface area contributed by atoms with Crippen molar-refractivity contribution in [2.45, 2.75) is 25.1 Å². The van der Waals surface area contributed by atoms with Crippen LogP contribution in [0, 0.1) is 5.41 Å². The van der Waals surface area contributed by atoms with Gasteiger partial charge in [-0.05, 0) is 24.0 Å². The van der Waals surface area contributed by atoms with E-state index >= 15 is 0 Å². The Kier molecular flexibility index (Phi) is 4.89. The van der Waals surface area contributed by atoms with E-state index in [2.05, 4.69) is 5.32 Å².